The zero-order valence-corrected chi connectivity index (χ0v) is 15.3. The third-order valence-electron chi connectivity index (χ3n) is 3.97. The van der Waals surface area contributed by atoms with E-state index in [-0.39, 0.29) is 12.3 Å². The zero-order valence-electron chi connectivity index (χ0n) is 15.3. The number of aromatic nitrogens is 1. The molecule has 7 nitrogen and oxygen atoms in total. The molecule has 1 N–H and O–H groups in total. The van der Waals surface area contributed by atoms with Crippen LogP contribution >= 0.6 is 0 Å². The summed E-state index contributed by atoms with van der Waals surface area (Å²) < 4.78 is 21.4. The number of carbonyl (C=O) groups is 1. The summed E-state index contributed by atoms with van der Waals surface area (Å²) in [5, 5.41) is 6.67. The van der Waals surface area contributed by atoms with Gasteiger partial charge in [-0.15, -0.1) is 0 Å². The standard InChI is InChI=1S/C20H20N2O5/c1-13-16(12-26-18-10-5-4-9-17(18)25-3)19(22-27-13)20(23)21-14-7-6-8-15(11-14)24-2/h4-11H,12H2,1-3H3,(H,21,23). The Bertz CT molecular complexity index is 936. The number of nitrogens with one attached hydrogen (secondary N) is 1. The predicted molar refractivity (Wildman–Crippen MR) is 99.5 cm³/mol. The molecule has 0 atom stereocenters. The molecule has 1 aromatic heterocycles. The van der Waals surface area contributed by atoms with Crippen LogP contribution in [0.2, 0.25) is 0 Å². The molecule has 0 fully saturated rings. The van der Waals surface area contributed by atoms with Gasteiger partial charge in [-0.25, -0.2) is 0 Å². The molecule has 0 aliphatic heterocycles. The zero-order chi connectivity index (χ0) is 19.2. The molecule has 0 unspecified atom stereocenters. The van der Waals surface area contributed by atoms with E-state index >= 15 is 0 Å². The lowest BCUT2D eigenvalue weighted by atomic mass is 10.2. The van der Waals surface area contributed by atoms with E-state index < -0.39 is 5.91 Å². The summed E-state index contributed by atoms with van der Waals surface area (Å²) in [6, 6.07) is 14.3. The van der Waals surface area contributed by atoms with Crippen LogP contribution in [-0.4, -0.2) is 25.3 Å². The molecule has 0 saturated heterocycles. The molecule has 1 amide bonds. The topological polar surface area (TPSA) is 82.8 Å². The van der Waals surface area contributed by atoms with Crippen molar-refractivity contribution in [3.05, 3.63) is 65.5 Å². The van der Waals surface area contributed by atoms with E-state index in [1.807, 2.05) is 12.1 Å². The molecular formula is C20H20N2O5. The lowest BCUT2D eigenvalue weighted by Gasteiger charge is -2.10. The number of anilines is 1. The van der Waals surface area contributed by atoms with Crippen molar-refractivity contribution in [3.8, 4) is 17.2 Å². The second-order valence-electron chi connectivity index (χ2n) is 5.69. The van der Waals surface area contributed by atoms with Crippen LogP contribution in [-0.2, 0) is 6.61 Å². The van der Waals surface area contributed by atoms with Gasteiger partial charge in [0.15, 0.2) is 17.2 Å². The van der Waals surface area contributed by atoms with E-state index in [1.54, 1.807) is 57.5 Å². The first-order valence-electron chi connectivity index (χ1n) is 8.28. The monoisotopic (exact) mass is 368 g/mol. The normalized spacial score (nSPS) is 10.3. The largest absolute Gasteiger partial charge is 0.497 e. The van der Waals surface area contributed by atoms with E-state index in [4.69, 9.17) is 18.7 Å². The highest BCUT2D eigenvalue weighted by Crippen LogP contribution is 2.28. The van der Waals surface area contributed by atoms with Crippen molar-refractivity contribution in [1.29, 1.82) is 0 Å². The van der Waals surface area contributed by atoms with Crippen molar-refractivity contribution >= 4 is 11.6 Å². The SMILES string of the molecule is COc1cccc(NC(=O)c2noc(C)c2COc2ccccc2OC)c1. The summed E-state index contributed by atoms with van der Waals surface area (Å²) >= 11 is 0. The number of benzene rings is 2. The minimum Gasteiger partial charge on any atom is -0.497 e. The van der Waals surface area contributed by atoms with Crippen molar-refractivity contribution in [2.75, 3.05) is 19.5 Å². The Morgan fingerprint density at radius 3 is 2.59 bits per heavy atom. The number of rotatable bonds is 7. The highest BCUT2D eigenvalue weighted by Gasteiger charge is 2.21. The summed E-state index contributed by atoms with van der Waals surface area (Å²) in [5.41, 5.74) is 1.34. The molecule has 7 heteroatoms. The van der Waals surface area contributed by atoms with Crippen LogP contribution in [0, 0.1) is 6.92 Å². The first-order chi connectivity index (χ1) is 13.1. The highest BCUT2D eigenvalue weighted by molar-refractivity contribution is 6.04. The fourth-order valence-electron chi connectivity index (χ4n) is 2.52. The van der Waals surface area contributed by atoms with Gasteiger partial charge in [-0.2, -0.15) is 0 Å². The van der Waals surface area contributed by atoms with Crippen LogP contribution in [0.1, 0.15) is 21.8 Å². The molecule has 0 bridgehead atoms. The van der Waals surface area contributed by atoms with Crippen molar-refractivity contribution < 1.29 is 23.5 Å². The van der Waals surface area contributed by atoms with Crippen LogP contribution in [0.3, 0.4) is 0 Å². The molecule has 0 spiro atoms. The van der Waals surface area contributed by atoms with Gasteiger partial charge in [-0.3, -0.25) is 4.79 Å². The average Bonchev–Trinajstić information content (AvgIpc) is 3.07. The number of hydrogen-bond donors (Lipinski definition) is 1. The van der Waals surface area contributed by atoms with Crippen LogP contribution in [0.5, 0.6) is 17.2 Å². The smallest absolute Gasteiger partial charge is 0.278 e. The number of hydrogen-bond acceptors (Lipinski definition) is 6. The minimum atomic E-state index is -0.390. The lowest BCUT2D eigenvalue weighted by molar-refractivity contribution is 0.101. The number of aryl methyl sites for hydroxylation is 1. The van der Waals surface area contributed by atoms with Crippen molar-refractivity contribution in [3.63, 3.8) is 0 Å². The number of amides is 1. The number of nitrogens with zero attached hydrogens (tertiary/aromatic N) is 1. The van der Waals surface area contributed by atoms with Crippen molar-refractivity contribution in [2.45, 2.75) is 13.5 Å². The molecule has 0 aliphatic rings. The van der Waals surface area contributed by atoms with Crippen LogP contribution in [0.15, 0.2) is 53.1 Å². The molecule has 0 saturated carbocycles. The lowest BCUT2D eigenvalue weighted by Crippen LogP contribution is -2.15. The van der Waals surface area contributed by atoms with Crippen molar-refractivity contribution in [1.82, 2.24) is 5.16 Å². The van der Waals surface area contributed by atoms with E-state index in [0.717, 1.165) is 0 Å². The van der Waals surface area contributed by atoms with Gasteiger partial charge in [0.1, 0.15) is 18.1 Å². The maximum absolute atomic E-state index is 12.6. The second-order valence-corrected chi connectivity index (χ2v) is 5.69. The molecule has 27 heavy (non-hydrogen) atoms. The first kappa shape index (κ1) is 18.3. The molecule has 1 heterocycles. The third-order valence-corrected chi connectivity index (χ3v) is 3.97. The summed E-state index contributed by atoms with van der Waals surface area (Å²) in [4.78, 5) is 12.6. The number of carbonyl (C=O) groups excluding carboxylic acids is 1. The quantitative estimate of drug-likeness (QED) is 0.682. The van der Waals surface area contributed by atoms with Crippen LogP contribution < -0.4 is 19.5 Å². The van der Waals surface area contributed by atoms with Gasteiger partial charge in [0, 0.05) is 11.8 Å². The summed E-state index contributed by atoms with van der Waals surface area (Å²) in [5.74, 6) is 1.94. The van der Waals surface area contributed by atoms with Crippen LogP contribution in [0.25, 0.3) is 0 Å². The molecule has 140 valence electrons. The fourth-order valence-corrected chi connectivity index (χ4v) is 2.52. The van der Waals surface area contributed by atoms with Crippen LogP contribution in [0.4, 0.5) is 5.69 Å². The molecule has 0 aliphatic carbocycles. The molecule has 3 rings (SSSR count). The number of methoxy groups -OCH3 is 2. The van der Waals surface area contributed by atoms with Gasteiger partial charge in [0.25, 0.3) is 5.91 Å². The first-order valence-corrected chi connectivity index (χ1v) is 8.28. The fraction of sp³-hybridized carbons (Fsp3) is 0.200. The molecule has 3 aromatic rings. The Labute approximate surface area is 156 Å². The Kier molecular flexibility index (Phi) is 5.61. The maximum Gasteiger partial charge on any atom is 0.278 e. The number of para-hydroxylation sites is 2. The highest BCUT2D eigenvalue weighted by atomic mass is 16.5. The Hall–Kier alpha value is -3.48. The van der Waals surface area contributed by atoms with Gasteiger partial charge < -0.3 is 24.1 Å². The third kappa shape index (κ3) is 4.20. The second kappa shape index (κ2) is 8.27. The van der Waals surface area contributed by atoms with E-state index in [9.17, 15) is 4.79 Å². The Balaban J connectivity index is 1.76. The van der Waals surface area contributed by atoms with Gasteiger partial charge in [0.2, 0.25) is 0 Å². The molecule has 0 radical (unpaired) electrons. The summed E-state index contributed by atoms with van der Waals surface area (Å²) in [7, 11) is 3.13. The van der Waals surface area contributed by atoms with E-state index in [0.29, 0.717) is 34.3 Å². The molecule has 2 aromatic carbocycles. The van der Waals surface area contributed by atoms with Gasteiger partial charge in [-0.05, 0) is 31.2 Å². The minimum absolute atomic E-state index is 0.122. The van der Waals surface area contributed by atoms with E-state index in [2.05, 4.69) is 10.5 Å². The Morgan fingerprint density at radius 2 is 1.85 bits per heavy atom. The average molecular weight is 368 g/mol. The van der Waals surface area contributed by atoms with Crippen molar-refractivity contribution in [2.24, 2.45) is 0 Å². The van der Waals surface area contributed by atoms with Gasteiger partial charge >= 0.3 is 0 Å². The molecular weight excluding hydrogens is 348 g/mol. The predicted octanol–water partition coefficient (Wildman–Crippen LogP) is 3.83. The maximum atomic E-state index is 12.6. The van der Waals surface area contributed by atoms with Gasteiger partial charge in [0.05, 0.1) is 19.8 Å². The summed E-state index contributed by atoms with van der Waals surface area (Å²) in [6.07, 6.45) is 0. The van der Waals surface area contributed by atoms with Gasteiger partial charge in [-0.1, -0.05) is 23.4 Å². The number of ether oxygens (including phenoxy) is 3. The van der Waals surface area contributed by atoms with E-state index in [1.165, 1.54) is 0 Å². The summed E-state index contributed by atoms with van der Waals surface area (Å²) in [6.45, 7) is 1.85. The Morgan fingerprint density at radius 1 is 1.07 bits per heavy atom.